The Kier molecular flexibility index (Phi) is 9.60. The summed E-state index contributed by atoms with van der Waals surface area (Å²) < 4.78 is 46.6. The molecule has 0 aliphatic heterocycles. The predicted molar refractivity (Wildman–Crippen MR) is 196 cm³/mol. The van der Waals surface area contributed by atoms with Crippen LogP contribution in [0.15, 0.2) is 97.5 Å². The standard InChI is InChI=1S/C38H36F3N11O3/c1-22-48-50-52(49-22)30-18-29(32(53)33(30)55-36(54)38(39,40)41)51-21-45-31-34(44-20-27(23-10-4-2-5-11-23)24-12-6-3-7-13-24)46-37(47-35(31)51)42-17-16-25-19-43-28-15-9-8-14-26(25)28/h2-15,19,21,27,29-30,32-33,43,53H,16-18,20H2,1H3,(H2,42,44,46,47)/t29-,30+,32+,33-/m1/s1. The Morgan fingerprint density at radius 2 is 1.69 bits per heavy atom. The Morgan fingerprint density at radius 3 is 2.38 bits per heavy atom. The largest absolute Gasteiger partial charge is 0.490 e. The van der Waals surface area contributed by atoms with Crippen molar-refractivity contribution in [2.75, 3.05) is 23.7 Å². The van der Waals surface area contributed by atoms with E-state index in [-0.39, 0.29) is 24.1 Å². The van der Waals surface area contributed by atoms with Crippen molar-refractivity contribution in [1.29, 1.82) is 0 Å². The van der Waals surface area contributed by atoms with E-state index in [0.717, 1.165) is 32.4 Å². The average Bonchev–Trinajstić information content (AvgIpc) is 3.98. The normalized spacial score (nSPS) is 18.7. The quantitative estimate of drug-likeness (QED) is 0.116. The van der Waals surface area contributed by atoms with E-state index < -0.39 is 36.4 Å². The first-order valence-electron chi connectivity index (χ1n) is 17.7. The summed E-state index contributed by atoms with van der Waals surface area (Å²) in [5.41, 5.74) is 4.99. The molecule has 14 nitrogen and oxygen atoms in total. The molecular formula is C38H36F3N11O3. The minimum atomic E-state index is -5.28. The Bertz CT molecular complexity index is 2380. The maximum Gasteiger partial charge on any atom is 0.490 e. The van der Waals surface area contributed by atoms with E-state index in [1.807, 2.05) is 60.8 Å². The van der Waals surface area contributed by atoms with E-state index in [2.05, 4.69) is 66.3 Å². The number of alkyl halides is 3. The van der Waals surface area contributed by atoms with Gasteiger partial charge in [-0.05, 0) is 47.7 Å². The van der Waals surface area contributed by atoms with Crippen LogP contribution in [0.1, 0.15) is 46.9 Å². The Labute approximate surface area is 311 Å². The maximum absolute atomic E-state index is 13.4. The van der Waals surface area contributed by atoms with Gasteiger partial charge < -0.3 is 30.0 Å². The fourth-order valence-corrected chi connectivity index (χ4v) is 7.26. The second-order valence-electron chi connectivity index (χ2n) is 13.4. The van der Waals surface area contributed by atoms with E-state index in [1.165, 1.54) is 6.33 Å². The van der Waals surface area contributed by atoms with Gasteiger partial charge in [-0.1, -0.05) is 78.9 Å². The van der Waals surface area contributed by atoms with Gasteiger partial charge in [0.05, 0.1) is 12.4 Å². The fraction of sp³-hybridized carbons (Fsp3) is 0.289. The number of aliphatic hydroxyl groups is 1. The van der Waals surface area contributed by atoms with Crippen molar-refractivity contribution in [3.05, 3.63) is 120 Å². The Morgan fingerprint density at radius 1 is 0.982 bits per heavy atom. The van der Waals surface area contributed by atoms with E-state index in [1.54, 1.807) is 11.5 Å². The summed E-state index contributed by atoms with van der Waals surface area (Å²) in [5.74, 6) is -1.56. The van der Waals surface area contributed by atoms with E-state index >= 15 is 0 Å². The van der Waals surface area contributed by atoms with E-state index in [9.17, 15) is 23.1 Å². The highest BCUT2D eigenvalue weighted by Crippen LogP contribution is 2.42. The smallest absolute Gasteiger partial charge is 0.450 e. The van der Waals surface area contributed by atoms with Crippen LogP contribution in [0, 0.1) is 6.92 Å². The van der Waals surface area contributed by atoms with Gasteiger partial charge in [-0.15, -0.1) is 10.2 Å². The number of benzene rings is 3. The van der Waals surface area contributed by atoms with Crippen molar-refractivity contribution < 1.29 is 27.8 Å². The zero-order valence-electron chi connectivity index (χ0n) is 29.4. The lowest BCUT2D eigenvalue weighted by atomic mass is 9.91. The van der Waals surface area contributed by atoms with Crippen molar-refractivity contribution in [2.24, 2.45) is 0 Å². The van der Waals surface area contributed by atoms with Crippen molar-refractivity contribution >= 4 is 39.8 Å². The number of esters is 1. The molecule has 282 valence electrons. The number of aryl methyl sites for hydroxylation is 1. The van der Waals surface area contributed by atoms with Crippen molar-refractivity contribution in [1.82, 2.24) is 44.7 Å². The number of carbonyl (C=O) groups excluding carboxylic acids is 1. The van der Waals surface area contributed by atoms with Crippen LogP contribution in [0.5, 0.6) is 0 Å². The topological polar surface area (TPSA) is 174 Å². The molecule has 0 unspecified atom stereocenters. The lowest BCUT2D eigenvalue weighted by Gasteiger charge is -2.23. The summed E-state index contributed by atoms with van der Waals surface area (Å²) >= 11 is 0. The molecule has 1 aliphatic carbocycles. The number of halogens is 3. The minimum Gasteiger partial charge on any atom is -0.450 e. The molecule has 4 N–H and O–H groups in total. The zero-order valence-corrected chi connectivity index (χ0v) is 29.4. The van der Waals surface area contributed by atoms with Gasteiger partial charge >= 0.3 is 12.1 Å². The molecule has 0 spiro atoms. The SMILES string of the molecule is Cc1nnn([C@H]2C[C@@H](n3cnc4c(NCC(c5ccccc5)c5ccccc5)nc(NCCc5c[nH]c6ccccc56)nc43)[C@H](O)[C@@H]2OC(=O)C(F)(F)F)n1. The number of ether oxygens (including phenoxy) is 1. The van der Waals surface area contributed by atoms with Crippen LogP contribution in [-0.2, 0) is 16.0 Å². The number of carbonyl (C=O) groups is 1. The van der Waals surface area contributed by atoms with Gasteiger partial charge in [0.25, 0.3) is 0 Å². The first-order chi connectivity index (χ1) is 26.6. The summed E-state index contributed by atoms with van der Waals surface area (Å²) in [6, 6.07) is 26.1. The van der Waals surface area contributed by atoms with Gasteiger partial charge in [-0.3, -0.25) is 0 Å². The summed E-state index contributed by atoms with van der Waals surface area (Å²) in [7, 11) is 0. The Hall–Kier alpha value is -6.36. The van der Waals surface area contributed by atoms with Crippen LogP contribution in [0.25, 0.3) is 22.1 Å². The molecule has 1 aliphatic rings. The lowest BCUT2D eigenvalue weighted by molar-refractivity contribution is -0.210. The van der Waals surface area contributed by atoms with Gasteiger partial charge in [0.15, 0.2) is 28.9 Å². The minimum absolute atomic E-state index is 0.0294. The third-order valence-electron chi connectivity index (χ3n) is 9.90. The molecule has 55 heavy (non-hydrogen) atoms. The van der Waals surface area contributed by atoms with Gasteiger partial charge in [0, 0.05) is 36.1 Å². The lowest BCUT2D eigenvalue weighted by Crippen LogP contribution is -2.39. The first-order valence-corrected chi connectivity index (χ1v) is 17.7. The highest BCUT2D eigenvalue weighted by molar-refractivity contribution is 5.85. The molecule has 0 bridgehead atoms. The van der Waals surface area contributed by atoms with E-state index in [4.69, 9.17) is 14.7 Å². The van der Waals surface area contributed by atoms with Gasteiger partial charge in [0.2, 0.25) is 5.95 Å². The number of hydrogen-bond acceptors (Lipinski definition) is 11. The summed E-state index contributed by atoms with van der Waals surface area (Å²) in [6.07, 6.45) is -4.52. The molecule has 0 radical (unpaired) electrons. The third-order valence-corrected chi connectivity index (χ3v) is 9.90. The number of rotatable bonds is 12. The van der Waals surface area contributed by atoms with Gasteiger partial charge in [0.1, 0.15) is 12.1 Å². The molecule has 4 heterocycles. The molecule has 4 atom stereocenters. The number of anilines is 2. The third kappa shape index (κ3) is 7.29. The van der Waals surface area contributed by atoms with Gasteiger partial charge in [-0.25, -0.2) is 9.78 Å². The molecule has 8 rings (SSSR count). The molecule has 0 saturated heterocycles. The maximum atomic E-state index is 13.4. The zero-order chi connectivity index (χ0) is 38.1. The number of fused-ring (bicyclic) bond motifs is 2. The van der Waals surface area contributed by atoms with E-state index in [0.29, 0.717) is 36.5 Å². The van der Waals surface area contributed by atoms with Crippen LogP contribution in [0.2, 0.25) is 0 Å². The number of tetrazole rings is 1. The molecule has 7 aromatic rings. The highest BCUT2D eigenvalue weighted by atomic mass is 19.4. The number of H-pyrrole nitrogens is 1. The Balaban J connectivity index is 1.14. The number of nitrogens with one attached hydrogen (secondary N) is 3. The fourth-order valence-electron chi connectivity index (χ4n) is 7.26. The van der Waals surface area contributed by atoms with Crippen LogP contribution in [-0.4, -0.2) is 87.3 Å². The number of aromatic amines is 1. The van der Waals surface area contributed by atoms with Crippen LogP contribution < -0.4 is 10.6 Å². The van der Waals surface area contributed by atoms with Crippen molar-refractivity contribution in [3.63, 3.8) is 0 Å². The number of aliphatic hydroxyl groups excluding tert-OH is 1. The number of nitrogens with zero attached hydrogens (tertiary/aromatic N) is 8. The van der Waals surface area contributed by atoms with Crippen LogP contribution >= 0.6 is 0 Å². The number of aromatic nitrogens is 9. The van der Waals surface area contributed by atoms with Crippen molar-refractivity contribution in [3.8, 4) is 0 Å². The molecule has 17 heteroatoms. The second-order valence-corrected chi connectivity index (χ2v) is 13.4. The number of imidazole rings is 1. The number of hydrogen-bond donors (Lipinski definition) is 4. The second kappa shape index (κ2) is 14.8. The predicted octanol–water partition coefficient (Wildman–Crippen LogP) is 5.52. The average molecular weight is 752 g/mol. The molecule has 3 aromatic carbocycles. The molecule has 0 amide bonds. The molecular weight excluding hydrogens is 715 g/mol. The van der Waals surface area contributed by atoms with Crippen molar-refractivity contribution in [2.45, 2.75) is 56.2 Å². The first kappa shape index (κ1) is 35.7. The molecule has 1 fully saturated rings. The monoisotopic (exact) mass is 751 g/mol. The highest BCUT2D eigenvalue weighted by Gasteiger charge is 2.52. The summed E-state index contributed by atoms with van der Waals surface area (Å²) in [6.45, 7) is 2.46. The van der Waals surface area contributed by atoms with Crippen LogP contribution in [0.3, 0.4) is 0 Å². The summed E-state index contributed by atoms with van der Waals surface area (Å²) in [4.78, 5) is 30.7. The molecule has 1 saturated carbocycles. The summed E-state index contributed by atoms with van der Waals surface area (Å²) in [5, 5.41) is 31.4. The molecule has 4 aromatic heterocycles. The number of para-hydroxylation sites is 1. The van der Waals surface area contributed by atoms with Gasteiger partial charge in [-0.2, -0.15) is 27.9 Å². The van der Waals surface area contributed by atoms with Crippen LogP contribution in [0.4, 0.5) is 24.9 Å².